The second kappa shape index (κ2) is 6.75. The van der Waals surface area contributed by atoms with Gasteiger partial charge in [0.25, 0.3) is 0 Å². The van der Waals surface area contributed by atoms with Gasteiger partial charge in [-0.05, 0) is 30.0 Å². The number of likely N-dealkylation sites (N-methyl/N-ethyl adjacent to an activating group) is 1. The summed E-state index contributed by atoms with van der Waals surface area (Å²) >= 11 is 0. The largest absolute Gasteiger partial charge is 0.497 e. The van der Waals surface area contributed by atoms with Crippen molar-refractivity contribution in [3.8, 4) is 5.75 Å². The minimum atomic E-state index is -0.485. The summed E-state index contributed by atoms with van der Waals surface area (Å²) in [4.78, 5) is 14.2. The summed E-state index contributed by atoms with van der Waals surface area (Å²) in [7, 11) is 1.64. The van der Waals surface area contributed by atoms with Gasteiger partial charge in [-0.1, -0.05) is 32.9 Å². The lowest BCUT2D eigenvalue weighted by Gasteiger charge is -2.31. The Hall–Kier alpha value is -1.55. The van der Waals surface area contributed by atoms with Gasteiger partial charge in [-0.3, -0.25) is 4.79 Å². The first-order valence-electron chi connectivity index (χ1n) is 6.97. The lowest BCUT2D eigenvalue weighted by atomic mass is 9.86. The van der Waals surface area contributed by atoms with Crippen LogP contribution >= 0.6 is 0 Å². The van der Waals surface area contributed by atoms with Crippen molar-refractivity contribution in [3.05, 3.63) is 29.8 Å². The molecule has 1 aromatic rings. The Kier molecular flexibility index (Phi) is 5.57. The van der Waals surface area contributed by atoms with Crippen molar-refractivity contribution in [2.24, 2.45) is 11.1 Å². The molecule has 4 heteroatoms. The number of benzene rings is 1. The number of rotatable bonds is 5. The number of hydrogen-bond acceptors (Lipinski definition) is 3. The number of methoxy groups -OCH3 is 1. The van der Waals surface area contributed by atoms with Crippen LogP contribution in [0.1, 0.15) is 33.3 Å². The maximum Gasteiger partial charge on any atom is 0.240 e. The summed E-state index contributed by atoms with van der Waals surface area (Å²) in [5.74, 6) is 0.810. The van der Waals surface area contributed by atoms with Crippen LogP contribution in [-0.4, -0.2) is 30.5 Å². The average molecular weight is 278 g/mol. The molecule has 20 heavy (non-hydrogen) atoms. The van der Waals surface area contributed by atoms with Gasteiger partial charge in [-0.15, -0.1) is 0 Å². The molecule has 1 rings (SSSR count). The summed E-state index contributed by atoms with van der Waals surface area (Å²) in [6.07, 6.45) is 0. The van der Waals surface area contributed by atoms with Gasteiger partial charge >= 0.3 is 0 Å². The zero-order valence-electron chi connectivity index (χ0n) is 13.1. The summed E-state index contributed by atoms with van der Waals surface area (Å²) in [6, 6.07) is 7.25. The SMILES string of the molecule is CCN(Cc1ccc(OC)cc1)C(=O)[C@@H](N)C(C)(C)C. The number of nitrogens with zero attached hydrogens (tertiary/aromatic N) is 1. The van der Waals surface area contributed by atoms with Crippen molar-refractivity contribution in [2.75, 3.05) is 13.7 Å². The van der Waals surface area contributed by atoms with Crippen molar-refractivity contribution in [3.63, 3.8) is 0 Å². The fourth-order valence-corrected chi connectivity index (χ4v) is 1.86. The highest BCUT2D eigenvalue weighted by Crippen LogP contribution is 2.20. The summed E-state index contributed by atoms with van der Waals surface area (Å²) in [5, 5.41) is 0. The molecule has 0 aliphatic heterocycles. The number of carbonyl (C=O) groups is 1. The Bertz CT molecular complexity index is 435. The van der Waals surface area contributed by atoms with Gasteiger partial charge in [0.05, 0.1) is 13.2 Å². The number of nitrogens with two attached hydrogens (primary N) is 1. The maximum absolute atomic E-state index is 12.4. The van der Waals surface area contributed by atoms with Crippen LogP contribution in [0.5, 0.6) is 5.75 Å². The van der Waals surface area contributed by atoms with E-state index >= 15 is 0 Å². The predicted molar refractivity (Wildman–Crippen MR) is 81.5 cm³/mol. The van der Waals surface area contributed by atoms with Crippen molar-refractivity contribution in [1.82, 2.24) is 4.90 Å². The fraction of sp³-hybridized carbons (Fsp3) is 0.562. The minimum Gasteiger partial charge on any atom is -0.497 e. The molecule has 4 nitrogen and oxygen atoms in total. The normalized spacial score (nSPS) is 12.9. The molecule has 112 valence electrons. The third-order valence-electron chi connectivity index (χ3n) is 3.42. The van der Waals surface area contributed by atoms with E-state index in [1.807, 2.05) is 52.0 Å². The van der Waals surface area contributed by atoms with E-state index < -0.39 is 6.04 Å². The van der Waals surface area contributed by atoms with E-state index in [4.69, 9.17) is 10.5 Å². The second-order valence-electron chi connectivity index (χ2n) is 6.04. The number of amides is 1. The van der Waals surface area contributed by atoms with Gasteiger partial charge < -0.3 is 15.4 Å². The molecule has 0 heterocycles. The monoisotopic (exact) mass is 278 g/mol. The molecule has 0 saturated heterocycles. The van der Waals surface area contributed by atoms with E-state index in [0.29, 0.717) is 13.1 Å². The van der Waals surface area contributed by atoms with Crippen LogP contribution in [0.4, 0.5) is 0 Å². The minimum absolute atomic E-state index is 0.00387. The Balaban J connectivity index is 2.78. The highest BCUT2D eigenvalue weighted by molar-refractivity contribution is 5.82. The molecular weight excluding hydrogens is 252 g/mol. The smallest absolute Gasteiger partial charge is 0.240 e. The molecule has 0 unspecified atom stereocenters. The van der Waals surface area contributed by atoms with Crippen LogP contribution in [0.25, 0.3) is 0 Å². The number of hydrogen-bond donors (Lipinski definition) is 1. The quantitative estimate of drug-likeness (QED) is 0.900. The third-order valence-corrected chi connectivity index (χ3v) is 3.42. The number of ether oxygens (including phenoxy) is 1. The van der Waals surface area contributed by atoms with Crippen molar-refractivity contribution in [2.45, 2.75) is 40.3 Å². The Morgan fingerprint density at radius 1 is 1.30 bits per heavy atom. The van der Waals surface area contributed by atoms with Gasteiger partial charge in [-0.25, -0.2) is 0 Å². The molecule has 0 aromatic heterocycles. The van der Waals surface area contributed by atoms with E-state index in [1.54, 1.807) is 12.0 Å². The topological polar surface area (TPSA) is 55.6 Å². The summed E-state index contributed by atoms with van der Waals surface area (Å²) in [5.41, 5.74) is 6.90. The van der Waals surface area contributed by atoms with Crippen molar-refractivity contribution < 1.29 is 9.53 Å². The van der Waals surface area contributed by atoms with Crippen LogP contribution in [0.15, 0.2) is 24.3 Å². The molecule has 0 aliphatic rings. The van der Waals surface area contributed by atoms with Crippen LogP contribution in [0.3, 0.4) is 0 Å². The highest BCUT2D eigenvalue weighted by atomic mass is 16.5. The molecule has 0 radical (unpaired) electrons. The Morgan fingerprint density at radius 2 is 1.85 bits per heavy atom. The van der Waals surface area contributed by atoms with E-state index in [1.165, 1.54) is 0 Å². The molecule has 0 fully saturated rings. The molecule has 0 aliphatic carbocycles. The summed E-state index contributed by atoms with van der Waals surface area (Å²) in [6.45, 7) is 9.14. The van der Waals surface area contributed by atoms with Crippen molar-refractivity contribution >= 4 is 5.91 Å². The van der Waals surface area contributed by atoms with E-state index in [2.05, 4.69) is 0 Å². The fourth-order valence-electron chi connectivity index (χ4n) is 1.86. The van der Waals surface area contributed by atoms with Gasteiger partial charge in [-0.2, -0.15) is 0 Å². The maximum atomic E-state index is 12.4. The van der Waals surface area contributed by atoms with Gasteiger partial charge in [0.1, 0.15) is 5.75 Å². The predicted octanol–water partition coefficient (Wildman–Crippen LogP) is 2.42. The zero-order chi connectivity index (χ0) is 15.3. The lowest BCUT2D eigenvalue weighted by molar-refractivity contribution is -0.135. The van der Waals surface area contributed by atoms with Crippen LogP contribution in [-0.2, 0) is 11.3 Å². The summed E-state index contributed by atoms with van der Waals surface area (Å²) < 4.78 is 5.13. The molecular formula is C16H26N2O2. The average Bonchev–Trinajstić information content (AvgIpc) is 2.42. The van der Waals surface area contributed by atoms with Gasteiger partial charge in [0.15, 0.2) is 0 Å². The first-order valence-corrected chi connectivity index (χ1v) is 6.97. The Labute approximate surface area is 121 Å². The molecule has 2 N–H and O–H groups in total. The van der Waals surface area contributed by atoms with Crippen molar-refractivity contribution in [1.29, 1.82) is 0 Å². The number of carbonyl (C=O) groups excluding carboxylic acids is 1. The van der Waals surface area contributed by atoms with Crippen LogP contribution < -0.4 is 10.5 Å². The Morgan fingerprint density at radius 3 is 2.25 bits per heavy atom. The van der Waals surface area contributed by atoms with Gasteiger partial charge in [0.2, 0.25) is 5.91 Å². The first-order chi connectivity index (χ1) is 9.29. The molecule has 0 saturated carbocycles. The molecule has 1 aromatic carbocycles. The molecule has 0 spiro atoms. The van der Waals surface area contributed by atoms with Gasteiger partial charge in [0, 0.05) is 13.1 Å². The molecule has 0 bridgehead atoms. The van der Waals surface area contributed by atoms with E-state index in [0.717, 1.165) is 11.3 Å². The van der Waals surface area contributed by atoms with E-state index in [-0.39, 0.29) is 11.3 Å². The first kappa shape index (κ1) is 16.5. The zero-order valence-corrected chi connectivity index (χ0v) is 13.1. The lowest BCUT2D eigenvalue weighted by Crippen LogP contribution is -2.50. The standard InChI is InChI=1S/C16H26N2O2/c1-6-18(15(19)14(17)16(2,3)4)11-12-7-9-13(20-5)10-8-12/h7-10,14H,6,11,17H2,1-5H3/t14-/m1/s1. The van der Waals surface area contributed by atoms with Crippen LogP contribution in [0.2, 0.25) is 0 Å². The van der Waals surface area contributed by atoms with Crippen LogP contribution in [0, 0.1) is 5.41 Å². The third kappa shape index (κ3) is 4.23. The molecule has 1 atom stereocenters. The highest BCUT2D eigenvalue weighted by Gasteiger charge is 2.30. The molecule has 1 amide bonds. The second-order valence-corrected chi connectivity index (χ2v) is 6.04. The van der Waals surface area contributed by atoms with E-state index in [9.17, 15) is 4.79 Å².